The highest BCUT2D eigenvalue weighted by molar-refractivity contribution is 5.91. The summed E-state index contributed by atoms with van der Waals surface area (Å²) in [6.07, 6.45) is 1.55. The fourth-order valence-corrected chi connectivity index (χ4v) is 2.39. The molecule has 1 aliphatic heterocycles. The topological polar surface area (TPSA) is 85.5 Å². The molecule has 2 unspecified atom stereocenters. The number of aromatic nitrogens is 1. The molecule has 6 nitrogen and oxygen atoms in total. The number of carbonyl (C=O) groups is 2. The van der Waals surface area contributed by atoms with Gasteiger partial charge in [0.15, 0.2) is 0 Å². The summed E-state index contributed by atoms with van der Waals surface area (Å²) in [5.74, 6) is -0.689. The largest absolute Gasteiger partial charge is 0.469 e. The number of nitrogens with zero attached hydrogens (tertiary/aromatic N) is 2. The van der Waals surface area contributed by atoms with Gasteiger partial charge in [0.25, 0.3) is 5.91 Å². The van der Waals surface area contributed by atoms with E-state index in [4.69, 9.17) is 10.5 Å². The number of rotatable bonds is 3. The van der Waals surface area contributed by atoms with Crippen LogP contribution in [-0.4, -0.2) is 37.1 Å². The average Bonchev–Trinajstić information content (AvgIpc) is 2.80. The van der Waals surface area contributed by atoms with Crippen LogP contribution in [0.15, 0.2) is 18.3 Å². The van der Waals surface area contributed by atoms with Crippen LogP contribution in [0.4, 0.5) is 5.69 Å². The second-order valence-corrected chi connectivity index (χ2v) is 4.78. The standard InChI is InChI=1S/C13H17N3O3/c1-8-6-16(7-10(8)13(18)19-2)9-3-4-15-11(5-9)12(14)17/h3-5,8,10H,6-7H2,1-2H3,(H2,14,17). The van der Waals surface area contributed by atoms with E-state index in [1.165, 1.54) is 7.11 Å². The molecule has 2 atom stereocenters. The Morgan fingerprint density at radius 2 is 2.21 bits per heavy atom. The van der Waals surface area contributed by atoms with Crippen LogP contribution in [0.1, 0.15) is 17.4 Å². The first kappa shape index (κ1) is 13.3. The van der Waals surface area contributed by atoms with Gasteiger partial charge in [0.2, 0.25) is 0 Å². The van der Waals surface area contributed by atoms with E-state index in [-0.39, 0.29) is 23.5 Å². The molecule has 1 amide bonds. The minimum atomic E-state index is -0.557. The zero-order valence-corrected chi connectivity index (χ0v) is 11.0. The highest BCUT2D eigenvalue weighted by atomic mass is 16.5. The van der Waals surface area contributed by atoms with Gasteiger partial charge in [0.05, 0.1) is 13.0 Å². The van der Waals surface area contributed by atoms with Gasteiger partial charge in [0, 0.05) is 25.0 Å². The molecule has 1 saturated heterocycles. The maximum absolute atomic E-state index is 11.6. The van der Waals surface area contributed by atoms with Crippen molar-refractivity contribution in [1.82, 2.24) is 4.98 Å². The van der Waals surface area contributed by atoms with Gasteiger partial charge in [-0.25, -0.2) is 0 Å². The molecule has 2 heterocycles. The number of nitrogens with two attached hydrogens (primary N) is 1. The van der Waals surface area contributed by atoms with Crippen LogP contribution in [0.25, 0.3) is 0 Å². The van der Waals surface area contributed by atoms with E-state index in [9.17, 15) is 9.59 Å². The summed E-state index contributed by atoms with van der Waals surface area (Å²) in [5, 5.41) is 0. The van der Waals surface area contributed by atoms with Crippen molar-refractivity contribution in [2.24, 2.45) is 17.6 Å². The van der Waals surface area contributed by atoms with Crippen LogP contribution < -0.4 is 10.6 Å². The number of esters is 1. The van der Waals surface area contributed by atoms with E-state index in [0.29, 0.717) is 6.54 Å². The number of pyridine rings is 1. The zero-order chi connectivity index (χ0) is 14.0. The van der Waals surface area contributed by atoms with Crippen LogP contribution in [-0.2, 0) is 9.53 Å². The molecule has 0 aromatic carbocycles. The van der Waals surface area contributed by atoms with E-state index >= 15 is 0 Å². The third kappa shape index (κ3) is 2.67. The Balaban J connectivity index is 2.18. The van der Waals surface area contributed by atoms with E-state index in [0.717, 1.165) is 12.2 Å². The second-order valence-electron chi connectivity index (χ2n) is 4.78. The molecule has 0 radical (unpaired) electrons. The van der Waals surface area contributed by atoms with E-state index in [1.54, 1.807) is 18.3 Å². The number of anilines is 1. The Kier molecular flexibility index (Phi) is 3.69. The minimum Gasteiger partial charge on any atom is -0.469 e. The van der Waals surface area contributed by atoms with Gasteiger partial charge in [-0.05, 0) is 18.1 Å². The lowest BCUT2D eigenvalue weighted by Crippen LogP contribution is -2.24. The van der Waals surface area contributed by atoms with Crippen LogP contribution in [0.2, 0.25) is 0 Å². The van der Waals surface area contributed by atoms with Crippen LogP contribution in [0.3, 0.4) is 0 Å². The summed E-state index contributed by atoms with van der Waals surface area (Å²) >= 11 is 0. The van der Waals surface area contributed by atoms with Gasteiger partial charge in [-0.1, -0.05) is 6.92 Å². The lowest BCUT2D eigenvalue weighted by atomic mass is 9.99. The van der Waals surface area contributed by atoms with Crippen molar-refractivity contribution in [3.05, 3.63) is 24.0 Å². The normalized spacial score (nSPS) is 22.3. The molecule has 1 aromatic rings. The Bertz CT molecular complexity index is 504. The Morgan fingerprint density at radius 3 is 2.84 bits per heavy atom. The van der Waals surface area contributed by atoms with Crippen molar-refractivity contribution in [3.8, 4) is 0 Å². The van der Waals surface area contributed by atoms with Gasteiger partial charge in [0.1, 0.15) is 5.69 Å². The number of hydrogen-bond donors (Lipinski definition) is 1. The number of hydrogen-bond acceptors (Lipinski definition) is 5. The predicted octanol–water partition coefficient (Wildman–Crippen LogP) is 0.426. The molecule has 0 spiro atoms. The molecule has 1 aromatic heterocycles. The number of carbonyl (C=O) groups excluding carboxylic acids is 2. The lowest BCUT2D eigenvalue weighted by molar-refractivity contribution is -0.145. The number of ether oxygens (including phenoxy) is 1. The van der Waals surface area contributed by atoms with Crippen LogP contribution in [0, 0.1) is 11.8 Å². The van der Waals surface area contributed by atoms with Crippen molar-refractivity contribution in [1.29, 1.82) is 0 Å². The molecule has 6 heteroatoms. The summed E-state index contributed by atoms with van der Waals surface area (Å²) in [5.41, 5.74) is 6.29. The average molecular weight is 263 g/mol. The molecule has 19 heavy (non-hydrogen) atoms. The van der Waals surface area contributed by atoms with Crippen molar-refractivity contribution in [2.45, 2.75) is 6.92 Å². The van der Waals surface area contributed by atoms with Crippen molar-refractivity contribution < 1.29 is 14.3 Å². The number of methoxy groups -OCH3 is 1. The lowest BCUT2D eigenvalue weighted by Gasteiger charge is -2.18. The van der Waals surface area contributed by atoms with Gasteiger partial charge >= 0.3 is 5.97 Å². The van der Waals surface area contributed by atoms with Crippen LogP contribution in [0.5, 0.6) is 0 Å². The SMILES string of the molecule is COC(=O)C1CN(c2ccnc(C(N)=O)c2)CC1C. The summed E-state index contributed by atoms with van der Waals surface area (Å²) in [6.45, 7) is 3.33. The monoisotopic (exact) mass is 263 g/mol. The summed E-state index contributed by atoms with van der Waals surface area (Å²) in [7, 11) is 1.40. The third-order valence-electron chi connectivity index (χ3n) is 3.48. The fraction of sp³-hybridized carbons (Fsp3) is 0.462. The molecular formula is C13H17N3O3. The first-order chi connectivity index (χ1) is 9.02. The van der Waals surface area contributed by atoms with Crippen molar-refractivity contribution in [3.63, 3.8) is 0 Å². The Hall–Kier alpha value is -2.11. The van der Waals surface area contributed by atoms with Crippen LogP contribution >= 0.6 is 0 Å². The second kappa shape index (κ2) is 5.26. The summed E-state index contributed by atoms with van der Waals surface area (Å²) < 4.78 is 4.80. The van der Waals surface area contributed by atoms with Gasteiger partial charge < -0.3 is 15.4 Å². The predicted molar refractivity (Wildman–Crippen MR) is 69.6 cm³/mol. The molecule has 0 bridgehead atoms. The van der Waals surface area contributed by atoms with Gasteiger partial charge in [-0.2, -0.15) is 0 Å². The highest BCUT2D eigenvalue weighted by Gasteiger charge is 2.35. The highest BCUT2D eigenvalue weighted by Crippen LogP contribution is 2.28. The number of amides is 1. The molecule has 0 aliphatic carbocycles. The van der Waals surface area contributed by atoms with Crippen molar-refractivity contribution in [2.75, 3.05) is 25.1 Å². The van der Waals surface area contributed by atoms with Crippen molar-refractivity contribution >= 4 is 17.6 Å². The van der Waals surface area contributed by atoms with E-state index in [1.807, 2.05) is 11.8 Å². The summed E-state index contributed by atoms with van der Waals surface area (Å²) in [4.78, 5) is 28.7. The van der Waals surface area contributed by atoms with Gasteiger partial charge in [-0.15, -0.1) is 0 Å². The first-order valence-corrected chi connectivity index (χ1v) is 6.11. The zero-order valence-electron chi connectivity index (χ0n) is 11.0. The molecule has 102 valence electrons. The molecular weight excluding hydrogens is 246 g/mol. The Morgan fingerprint density at radius 1 is 1.47 bits per heavy atom. The molecule has 1 fully saturated rings. The third-order valence-corrected chi connectivity index (χ3v) is 3.48. The molecule has 1 aliphatic rings. The Labute approximate surface area is 111 Å². The minimum absolute atomic E-state index is 0.143. The summed E-state index contributed by atoms with van der Waals surface area (Å²) in [6, 6.07) is 3.45. The maximum Gasteiger partial charge on any atom is 0.310 e. The maximum atomic E-state index is 11.6. The smallest absolute Gasteiger partial charge is 0.310 e. The van der Waals surface area contributed by atoms with E-state index in [2.05, 4.69) is 4.98 Å². The fourth-order valence-electron chi connectivity index (χ4n) is 2.39. The molecule has 2 rings (SSSR count). The van der Waals surface area contributed by atoms with E-state index < -0.39 is 5.91 Å². The quantitative estimate of drug-likeness (QED) is 0.799. The van der Waals surface area contributed by atoms with Gasteiger partial charge in [-0.3, -0.25) is 14.6 Å². The number of primary amides is 1. The first-order valence-electron chi connectivity index (χ1n) is 6.11. The molecule has 0 saturated carbocycles. The molecule has 2 N–H and O–H groups in total.